The van der Waals surface area contributed by atoms with Gasteiger partial charge in [-0.2, -0.15) is 10.2 Å². The second-order valence-corrected chi connectivity index (χ2v) is 6.07. The lowest BCUT2D eigenvalue weighted by molar-refractivity contribution is -0.124. The van der Waals surface area contributed by atoms with Gasteiger partial charge in [-0.05, 0) is 32.0 Å². The van der Waals surface area contributed by atoms with Gasteiger partial charge in [0.2, 0.25) is 0 Å². The van der Waals surface area contributed by atoms with E-state index in [9.17, 15) is 4.79 Å². The molecule has 0 saturated heterocycles. The zero-order valence-corrected chi connectivity index (χ0v) is 14.1. The summed E-state index contributed by atoms with van der Waals surface area (Å²) < 4.78 is 7.30. The van der Waals surface area contributed by atoms with Crippen molar-refractivity contribution < 1.29 is 9.53 Å². The number of fused-ring (bicyclic) bond motifs is 1. The summed E-state index contributed by atoms with van der Waals surface area (Å²) in [5, 5.41) is 9.30. The van der Waals surface area contributed by atoms with Gasteiger partial charge in [-0.15, -0.1) is 0 Å². The molecule has 0 aliphatic rings. The third-order valence-corrected chi connectivity index (χ3v) is 3.70. The number of imidazole rings is 1. The Bertz CT molecular complexity index is 870. The van der Waals surface area contributed by atoms with E-state index in [0.29, 0.717) is 5.69 Å². The molecule has 2 aromatic heterocycles. The van der Waals surface area contributed by atoms with E-state index in [2.05, 4.69) is 15.2 Å². The fourth-order valence-electron chi connectivity index (χ4n) is 2.48. The summed E-state index contributed by atoms with van der Waals surface area (Å²) >= 11 is 0. The fraction of sp³-hybridized carbons (Fsp3) is 0.333. The lowest BCUT2D eigenvalue weighted by Crippen LogP contribution is -2.16. The number of ketones is 1. The van der Waals surface area contributed by atoms with Crippen LogP contribution in [0.25, 0.3) is 22.2 Å². The van der Waals surface area contributed by atoms with Gasteiger partial charge in [0.15, 0.2) is 5.78 Å². The van der Waals surface area contributed by atoms with Crippen LogP contribution in [0, 0.1) is 0 Å². The van der Waals surface area contributed by atoms with E-state index in [4.69, 9.17) is 4.74 Å². The number of carbonyl (C=O) groups is 1. The van der Waals surface area contributed by atoms with Crippen LogP contribution in [-0.2, 0) is 23.0 Å². The van der Waals surface area contributed by atoms with Crippen molar-refractivity contribution in [3.63, 3.8) is 0 Å². The minimum Gasteiger partial charge on any atom is -0.371 e. The zero-order valence-electron chi connectivity index (χ0n) is 14.1. The highest BCUT2D eigenvalue weighted by Crippen LogP contribution is 2.23. The molecule has 6 heteroatoms. The first-order chi connectivity index (χ1) is 11.5. The lowest BCUT2D eigenvalue weighted by Gasteiger charge is -2.07. The van der Waals surface area contributed by atoms with Gasteiger partial charge >= 0.3 is 0 Å². The Morgan fingerprint density at radius 3 is 2.79 bits per heavy atom. The second-order valence-electron chi connectivity index (χ2n) is 6.07. The molecule has 0 aliphatic heterocycles. The molecule has 124 valence electrons. The first-order valence-electron chi connectivity index (χ1n) is 7.89. The number of benzene rings is 1. The zero-order chi connectivity index (χ0) is 17.1. The quantitative estimate of drug-likeness (QED) is 0.697. The first kappa shape index (κ1) is 16.3. The van der Waals surface area contributed by atoms with E-state index in [-0.39, 0.29) is 24.9 Å². The standard InChI is InChI=1S/C18H20N4O2/c1-12(2)24-10-16(23)8-15-7-14-6-13(4-5-17(14)21-20-15)18-9-19-11-22(18)3/h4-7,9,11-12H,8,10H2,1-3H3. The van der Waals surface area contributed by atoms with Crippen molar-refractivity contribution in [1.82, 2.24) is 19.7 Å². The summed E-state index contributed by atoms with van der Waals surface area (Å²) in [4.78, 5) is 16.1. The second kappa shape index (κ2) is 6.88. The number of aryl methyl sites for hydroxylation is 1. The van der Waals surface area contributed by atoms with E-state index in [1.54, 1.807) is 6.33 Å². The average molecular weight is 324 g/mol. The molecule has 3 aromatic rings. The lowest BCUT2D eigenvalue weighted by atomic mass is 10.1. The highest BCUT2D eigenvalue weighted by atomic mass is 16.5. The molecule has 6 nitrogen and oxygen atoms in total. The van der Waals surface area contributed by atoms with Crippen molar-refractivity contribution in [2.24, 2.45) is 7.05 Å². The molecular weight excluding hydrogens is 304 g/mol. The number of hydrogen-bond donors (Lipinski definition) is 0. The highest BCUT2D eigenvalue weighted by Gasteiger charge is 2.09. The van der Waals surface area contributed by atoms with Crippen molar-refractivity contribution in [2.45, 2.75) is 26.4 Å². The van der Waals surface area contributed by atoms with Crippen LogP contribution < -0.4 is 0 Å². The Kier molecular flexibility index (Phi) is 4.66. The third kappa shape index (κ3) is 3.65. The molecule has 2 heterocycles. The number of aromatic nitrogens is 4. The summed E-state index contributed by atoms with van der Waals surface area (Å²) in [6, 6.07) is 7.88. The molecule has 0 aliphatic carbocycles. The van der Waals surface area contributed by atoms with Crippen LogP contribution in [0.3, 0.4) is 0 Å². The van der Waals surface area contributed by atoms with Gasteiger partial charge in [0.05, 0.1) is 42.0 Å². The van der Waals surface area contributed by atoms with Gasteiger partial charge in [-0.3, -0.25) is 4.79 Å². The molecular formula is C18H20N4O2. The minimum atomic E-state index is 0.000129. The number of carbonyl (C=O) groups excluding carboxylic acids is 1. The molecule has 1 aromatic carbocycles. The van der Waals surface area contributed by atoms with Crippen molar-refractivity contribution in [3.8, 4) is 11.3 Å². The predicted octanol–water partition coefficient (Wildman–Crippen LogP) is 2.57. The maximum absolute atomic E-state index is 11.9. The summed E-state index contributed by atoms with van der Waals surface area (Å²) in [5.74, 6) is 0.000129. The highest BCUT2D eigenvalue weighted by molar-refractivity contribution is 5.86. The van der Waals surface area contributed by atoms with Crippen LogP contribution in [0.4, 0.5) is 0 Å². The fourth-order valence-corrected chi connectivity index (χ4v) is 2.48. The Morgan fingerprint density at radius 2 is 2.08 bits per heavy atom. The monoisotopic (exact) mass is 324 g/mol. The molecule has 0 bridgehead atoms. The number of nitrogens with zero attached hydrogens (tertiary/aromatic N) is 4. The van der Waals surface area contributed by atoms with E-state index in [1.807, 2.05) is 55.9 Å². The Hall–Kier alpha value is -2.60. The number of Topliss-reactive ketones (excluding diaryl/α,β-unsaturated/α-hetero) is 1. The van der Waals surface area contributed by atoms with Crippen molar-refractivity contribution in [1.29, 1.82) is 0 Å². The number of ether oxygens (including phenoxy) is 1. The smallest absolute Gasteiger partial charge is 0.164 e. The van der Waals surface area contributed by atoms with E-state index < -0.39 is 0 Å². The van der Waals surface area contributed by atoms with E-state index in [0.717, 1.165) is 22.2 Å². The Morgan fingerprint density at radius 1 is 1.25 bits per heavy atom. The van der Waals surface area contributed by atoms with Gasteiger partial charge in [0.1, 0.15) is 6.61 Å². The van der Waals surface area contributed by atoms with Crippen LogP contribution in [0.15, 0.2) is 36.8 Å². The Labute approximate surface area is 140 Å². The topological polar surface area (TPSA) is 69.9 Å². The summed E-state index contributed by atoms with van der Waals surface area (Å²) in [5.41, 5.74) is 3.53. The SMILES string of the molecule is CC(C)OCC(=O)Cc1cc2cc(-c3cncn3C)ccc2nn1. The summed E-state index contributed by atoms with van der Waals surface area (Å²) in [6.45, 7) is 3.92. The maximum Gasteiger partial charge on any atom is 0.164 e. The molecule has 24 heavy (non-hydrogen) atoms. The van der Waals surface area contributed by atoms with Gasteiger partial charge in [-0.1, -0.05) is 6.07 Å². The molecule has 0 spiro atoms. The normalized spacial score (nSPS) is 11.3. The minimum absolute atomic E-state index is 0.000129. The summed E-state index contributed by atoms with van der Waals surface area (Å²) in [6.07, 6.45) is 3.86. The molecule has 0 unspecified atom stereocenters. The van der Waals surface area contributed by atoms with Gasteiger partial charge < -0.3 is 9.30 Å². The molecule has 0 fully saturated rings. The van der Waals surface area contributed by atoms with Gasteiger partial charge in [0.25, 0.3) is 0 Å². The van der Waals surface area contributed by atoms with Gasteiger partial charge in [-0.25, -0.2) is 4.98 Å². The summed E-state index contributed by atoms with van der Waals surface area (Å²) in [7, 11) is 1.95. The van der Waals surface area contributed by atoms with E-state index >= 15 is 0 Å². The average Bonchev–Trinajstić information content (AvgIpc) is 2.98. The molecule has 3 rings (SSSR count). The number of hydrogen-bond acceptors (Lipinski definition) is 5. The molecule has 0 radical (unpaired) electrons. The van der Waals surface area contributed by atoms with Crippen LogP contribution in [-0.4, -0.2) is 38.2 Å². The molecule has 0 N–H and O–H groups in total. The molecule has 0 amide bonds. The maximum atomic E-state index is 11.9. The molecule has 0 saturated carbocycles. The first-order valence-corrected chi connectivity index (χ1v) is 7.89. The predicted molar refractivity (Wildman–Crippen MR) is 91.5 cm³/mol. The Balaban J connectivity index is 1.84. The van der Waals surface area contributed by atoms with Crippen LogP contribution in [0.2, 0.25) is 0 Å². The van der Waals surface area contributed by atoms with Crippen molar-refractivity contribution in [2.75, 3.05) is 6.61 Å². The largest absolute Gasteiger partial charge is 0.371 e. The number of rotatable bonds is 6. The third-order valence-electron chi connectivity index (χ3n) is 3.70. The van der Waals surface area contributed by atoms with Crippen LogP contribution >= 0.6 is 0 Å². The van der Waals surface area contributed by atoms with Crippen LogP contribution in [0.5, 0.6) is 0 Å². The van der Waals surface area contributed by atoms with Crippen LogP contribution in [0.1, 0.15) is 19.5 Å². The van der Waals surface area contributed by atoms with Crippen molar-refractivity contribution in [3.05, 3.63) is 42.5 Å². The van der Waals surface area contributed by atoms with Crippen molar-refractivity contribution >= 4 is 16.7 Å². The molecule has 0 atom stereocenters. The van der Waals surface area contributed by atoms with Gasteiger partial charge in [0, 0.05) is 18.0 Å². The van der Waals surface area contributed by atoms with E-state index in [1.165, 1.54) is 0 Å².